The average molecular weight is 318 g/mol. The van der Waals surface area contributed by atoms with Crippen LogP contribution in [0.25, 0.3) is 0 Å². The van der Waals surface area contributed by atoms with Crippen molar-refractivity contribution in [2.75, 3.05) is 12.6 Å². The molecule has 1 aliphatic rings. The van der Waals surface area contributed by atoms with Crippen LogP contribution in [0.15, 0.2) is 23.4 Å². The highest BCUT2D eigenvalue weighted by Gasteiger charge is 2.38. The molecule has 10 heteroatoms. The normalized spacial score (nSPS) is 13.7. The summed E-state index contributed by atoms with van der Waals surface area (Å²) >= 11 is 1.05. The summed E-state index contributed by atoms with van der Waals surface area (Å²) in [5.74, 6) is 5.76. The molecule has 6 nitrogen and oxygen atoms in total. The van der Waals surface area contributed by atoms with Gasteiger partial charge in [-0.25, -0.2) is 4.68 Å². The molecule has 3 rings (SSSR count). The first-order chi connectivity index (χ1) is 9.95. The van der Waals surface area contributed by atoms with E-state index in [1.807, 2.05) is 0 Å². The topological polar surface area (TPSA) is 75.2 Å². The second-order valence-electron chi connectivity index (χ2n) is 4.15. The van der Waals surface area contributed by atoms with Crippen molar-refractivity contribution in [3.05, 3.63) is 29.6 Å². The second-order valence-corrected chi connectivity index (χ2v) is 5.09. The third-order valence-corrected chi connectivity index (χ3v) is 3.74. The van der Waals surface area contributed by atoms with E-state index in [4.69, 9.17) is 15.3 Å². The Labute approximate surface area is 121 Å². The van der Waals surface area contributed by atoms with Crippen LogP contribution in [0.5, 0.6) is 11.5 Å². The summed E-state index contributed by atoms with van der Waals surface area (Å²) in [6, 6.07) is 5.30. The molecule has 0 amide bonds. The van der Waals surface area contributed by atoms with Crippen LogP contribution in [0.1, 0.15) is 11.4 Å². The lowest BCUT2D eigenvalue weighted by Gasteiger charge is -2.06. The van der Waals surface area contributed by atoms with Gasteiger partial charge < -0.3 is 15.3 Å². The van der Waals surface area contributed by atoms with E-state index in [1.54, 1.807) is 18.2 Å². The SMILES string of the molecule is Nn1c(SCc2ccc3c(c2)OCO3)nnc1C(F)(F)F. The van der Waals surface area contributed by atoms with Gasteiger partial charge in [0.25, 0.3) is 5.82 Å². The van der Waals surface area contributed by atoms with Gasteiger partial charge in [0.05, 0.1) is 0 Å². The smallest absolute Gasteiger partial charge is 0.453 e. The van der Waals surface area contributed by atoms with E-state index in [0.717, 1.165) is 17.3 Å². The third-order valence-electron chi connectivity index (χ3n) is 2.72. The highest BCUT2D eigenvalue weighted by Crippen LogP contribution is 2.34. The van der Waals surface area contributed by atoms with Gasteiger partial charge in [0.2, 0.25) is 11.9 Å². The first kappa shape index (κ1) is 13.9. The number of rotatable bonds is 3. The molecule has 1 aliphatic heterocycles. The van der Waals surface area contributed by atoms with Crippen molar-refractivity contribution < 1.29 is 22.6 Å². The summed E-state index contributed by atoms with van der Waals surface area (Å²) in [7, 11) is 0. The Morgan fingerprint density at radius 1 is 1.24 bits per heavy atom. The zero-order valence-electron chi connectivity index (χ0n) is 10.4. The Bertz CT molecular complexity index is 674. The number of fused-ring (bicyclic) bond motifs is 1. The molecule has 0 unspecified atom stereocenters. The molecule has 0 saturated carbocycles. The quantitative estimate of drug-likeness (QED) is 0.689. The first-order valence-electron chi connectivity index (χ1n) is 5.74. The molecule has 2 aromatic rings. The van der Waals surface area contributed by atoms with Crippen molar-refractivity contribution in [3.8, 4) is 11.5 Å². The van der Waals surface area contributed by atoms with Gasteiger partial charge in [-0.15, -0.1) is 10.2 Å². The Hall–Kier alpha value is -2.10. The Morgan fingerprint density at radius 3 is 2.71 bits per heavy atom. The fourth-order valence-electron chi connectivity index (χ4n) is 1.75. The standard InChI is InChI=1S/C11H9F3N4O2S/c12-11(13,14)9-16-17-10(18(9)15)21-4-6-1-2-7-8(3-6)20-5-19-7/h1-3H,4-5,15H2. The summed E-state index contributed by atoms with van der Waals surface area (Å²) in [5, 5.41) is 6.49. The summed E-state index contributed by atoms with van der Waals surface area (Å²) in [5.41, 5.74) is 0.848. The number of hydrogen-bond donors (Lipinski definition) is 1. The molecule has 2 heterocycles. The van der Waals surface area contributed by atoms with Crippen LogP contribution in [0.3, 0.4) is 0 Å². The van der Waals surface area contributed by atoms with Crippen LogP contribution >= 0.6 is 11.8 Å². The van der Waals surface area contributed by atoms with Gasteiger partial charge in [-0.3, -0.25) is 0 Å². The molecule has 112 valence electrons. The van der Waals surface area contributed by atoms with Gasteiger partial charge in [-0.1, -0.05) is 17.8 Å². The molecule has 0 fully saturated rings. The Balaban J connectivity index is 1.72. The van der Waals surface area contributed by atoms with E-state index >= 15 is 0 Å². The van der Waals surface area contributed by atoms with Crippen molar-refractivity contribution in [1.82, 2.24) is 14.9 Å². The summed E-state index contributed by atoms with van der Waals surface area (Å²) in [6.07, 6.45) is -4.63. The zero-order chi connectivity index (χ0) is 15.0. The predicted octanol–water partition coefficient (Wildman–Crippen LogP) is 2.03. The molecular formula is C11H9F3N4O2S. The van der Waals surface area contributed by atoms with E-state index in [2.05, 4.69) is 10.2 Å². The summed E-state index contributed by atoms with van der Waals surface area (Å²) < 4.78 is 48.4. The fraction of sp³-hybridized carbons (Fsp3) is 0.273. The van der Waals surface area contributed by atoms with Crippen molar-refractivity contribution in [2.45, 2.75) is 17.1 Å². The molecule has 21 heavy (non-hydrogen) atoms. The van der Waals surface area contributed by atoms with E-state index in [0.29, 0.717) is 21.9 Å². The van der Waals surface area contributed by atoms with Gasteiger partial charge in [-0.05, 0) is 17.7 Å². The van der Waals surface area contributed by atoms with Crippen LogP contribution in [-0.2, 0) is 11.9 Å². The maximum Gasteiger partial charge on any atom is 0.453 e. The number of nitrogens with zero attached hydrogens (tertiary/aromatic N) is 3. The Morgan fingerprint density at radius 2 is 2.00 bits per heavy atom. The number of thioether (sulfide) groups is 1. The largest absolute Gasteiger partial charge is 0.454 e. The van der Waals surface area contributed by atoms with Crippen molar-refractivity contribution in [1.29, 1.82) is 0 Å². The summed E-state index contributed by atoms with van der Waals surface area (Å²) in [6.45, 7) is 0.165. The fourth-order valence-corrected chi connectivity index (χ4v) is 2.55. The van der Waals surface area contributed by atoms with Gasteiger partial charge in [0.15, 0.2) is 11.5 Å². The molecule has 0 radical (unpaired) electrons. The molecule has 0 bridgehead atoms. The van der Waals surface area contributed by atoms with Gasteiger partial charge in [0.1, 0.15) is 0 Å². The molecule has 2 N–H and O–H groups in total. The number of alkyl halides is 3. The first-order valence-corrected chi connectivity index (χ1v) is 6.73. The van der Waals surface area contributed by atoms with Gasteiger partial charge in [0, 0.05) is 5.75 Å². The summed E-state index contributed by atoms with van der Waals surface area (Å²) in [4.78, 5) is 0. The molecular weight excluding hydrogens is 309 g/mol. The molecule has 1 aromatic carbocycles. The van der Waals surface area contributed by atoms with Gasteiger partial charge >= 0.3 is 6.18 Å². The lowest BCUT2D eigenvalue weighted by atomic mass is 10.2. The van der Waals surface area contributed by atoms with E-state index in [-0.39, 0.29) is 11.9 Å². The molecule has 0 atom stereocenters. The highest BCUT2D eigenvalue weighted by molar-refractivity contribution is 7.98. The van der Waals surface area contributed by atoms with Crippen LogP contribution in [0.4, 0.5) is 13.2 Å². The lowest BCUT2D eigenvalue weighted by molar-refractivity contribution is -0.146. The van der Waals surface area contributed by atoms with Crippen molar-refractivity contribution >= 4 is 11.8 Å². The van der Waals surface area contributed by atoms with Crippen LogP contribution < -0.4 is 15.3 Å². The monoisotopic (exact) mass is 318 g/mol. The minimum Gasteiger partial charge on any atom is -0.454 e. The number of halogens is 3. The zero-order valence-corrected chi connectivity index (χ0v) is 11.2. The minimum atomic E-state index is -4.63. The number of ether oxygens (including phenoxy) is 2. The molecule has 0 saturated heterocycles. The van der Waals surface area contributed by atoms with Crippen LogP contribution in [0.2, 0.25) is 0 Å². The van der Waals surface area contributed by atoms with Crippen LogP contribution in [-0.4, -0.2) is 21.7 Å². The molecule has 0 spiro atoms. The minimum absolute atomic E-state index is 0.0139. The van der Waals surface area contributed by atoms with Crippen molar-refractivity contribution in [2.24, 2.45) is 0 Å². The average Bonchev–Trinajstić information content (AvgIpc) is 3.01. The van der Waals surface area contributed by atoms with E-state index < -0.39 is 12.0 Å². The number of hydrogen-bond acceptors (Lipinski definition) is 6. The van der Waals surface area contributed by atoms with Gasteiger partial charge in [-0.2, -0.15) is 13.2 Å². The Kier molecular flexibility index (Phi) is 3.32. The van der Waals surface area contributed by atoms with E-state index in [1.165, 1.54) is 0 Å². The number of aromatic nitrogens is 3. The maximum atomic E-state index is 12.5. The maximum absolute atomic E-state index is 12.5. The predicted molar refractivity (Wildman–Crippen MR) is 67.3 cm³/mol. The number of nitrogens with two attached hydrogens (primary N) is 1. The highest BCUT2D eigenvalue weighted by atomic mass is 32.2. The van der Waals surface area contributed by atoms with Crippen molar-refractivity contribution in [3.63, 3.8) is 0 Å². The number of nitrogen functional groups attached to an aromatic ring is 1. The van der Waals surface area contributed by atoms with Crippen LogP contribution in [0, 0.1) is 0 Å². The molecule has 0 aliphatic carbocycles. The lowest BCUT2D eigenvalue weighted by Crippen LogP contribution is -2.21. The second kappa shape index (κ2) is 5.02. The third kappa shape index (κ3) is 2.71. The molecule has 1 aromatic heterocycles. The number of benzene rings is 1. The van der Waals surface area contributed by atoms with E-state index in [9.17, 15) is 13.2 Å².